The van der Waals surface area contributed by atoms with Gasteiger partial charge in [-0.2, -0.15) is 0 Å². The summed E-state index contributed by atoms with van der Waals surface area (Å²) in [6.07, 6.45) is 3.03. The predicted molar refractivity (Wildman–Crippen MR) is 119 cm³/mol. The van der Waals surface area contributed by atoms with Crippen LogP contribution in [0.2, 0.25) is 0 Å². The summed E-state index contributed by atoms with van der Waals surface area (Å²) in [4.78, 5) is 35.7. The van der Waals surface area contributed by atoms with Crippen LogP contribution in [0.1, 0.15) is 48.1 Å². The van der Waals surface area contributed by atoms with Gasteiger partial charge in [-0.25, -0.2) is 9.97 Å². The zero-order valence-electron chi connectivity index (χ0n) is 17.6. The maximum atomic E-state index is 13.1. The van der Waals surface area contributed by atoms with E-state index in [-0.39, 0.29) is 17.3 Å². The molecule has 0 saturated carbocycles. The fourth-order valence-corrected chi connectivity index (χ4v) is 3.70. The van der Waals surface area contributed by atoms with Crippen molar-refractivity contribution in [3.63, 3.8) is 0 Å². The Morgan fingerprint density at radius 1 is 0.968 bits per heavy atom. The van der Waals surface area contributed by atoms with Crippen molar-refractivity contribution >= 4 is 23.4 Å². The van der Waals surface area contributed by atoms with Gasteiger partial charge >= 0.3 is 5.91 Å². The summed E-state index contributed by atoms with van der Waals surface area (Å²) < 4.78 is 0. The average molecular weight is 413 g/mol. The molecule has 6 nitrogen and oxygen atoms in total. The molecule has 1 atom stereocenters. The summed E-state index contributed by atoms with van der Waals surface area (Å²) in [5.74, 6) is -1.29. The number of nitrogens with zero attached hydrogens (tertiary/aromatic N) is 3. The van der Waals surface area contributed by atoms with Gasteiger partial charge in [0.2, 0.25) is 5.95 Å². The predicted octanol–water partition coefficient (Wildman–Crippen LogP) is 4.53. The highest BCUT2D eigenvalue weighted by Crippen LogP contribution is 2.41. The van der Waals surface area contributed by atoms with Gasteiger partial charge in [0.1, 0.15) is 5.76 Å². The lowest BCUT2D eigenvalue weighted by molar-refractivity contribution is -0.132. The van der Waals surface area contributed by atoms with Gasteiger partial charge in [0.15, 0.2) is 0 Å². The minimum Gasteiger partial charge on any atom is -0.507 e. The standard InChI is InChI=1S/C25H23N3O3/c1-15(2)17-9-11-18(12-10-17)21-20(22(29)19-7-5-16(3)6-8-19)23(30)24(31)28(21)25-26-13-4-14-27-25/h4-15,21,29H,1-3H3/b22-20-. The maximum Gasteiger partial charge on any atom is 0.302 e. The largest absolute Gasteiger partial charge is 0.507 e. The molecule has 2 heterocycles. The van der Waals surface area contributed by atoms with E-state index in [9.17, 15) is 14.7 Å². The monoisotopic (exact) mass is 413 g/mol. The third kappa shape index (κ3) is 3.72. The molecular formula is C25H23N3O3. The van der Waals surface area contributed by atoms with Crippen molar-refractivity contribution in [1.29, 1.82) is 0 Å². The zero-order chi connectivity index (χ0) is 22.1. The first-order valence-electron chi connectivity index (χ1n) is 10.1. The number of benzene rings is 2. The van der Waals surface area contributed by atoms with E-state index in [0.29, 0.717) is 17.0 Å². The van der Waals surface area contributed by atoms with Crippen LogP contribution in [0.15, 0.2) is 72.6 Å². The Kier molecular flexibility index (Phi) is 5.38. The summed E-state index contributed by atoms with van der Waals surface area (Å²) >= 11 is 0. The topological polar surface area (TPSA) is 83.4 Å². The smallest absolute Gasteiger partial charge is 0.302 e. The maximum absolute atomic E-state index is 13.1. The van der Waals surface area contributed by atoms with Crippen LogP contribution >= 0.6 is 0 Å². The first-order chi connectivity index (χ1) is 14.9. The highest BCUT2D eigenvalue weighted by molar-refractivity contribution is 6.51. The molecule has 1 N–H and O–H groups in total. The summed E-state index contributed by atoms with van der Waals surface area (Å²) in [6, 6.07) is 15.7. The second-order valence-corrected chi connectivity index (χ2v) is 7.91. The van der Waals surface area contributed by atoms with E-state index in [4.69, 9.17) is 0 Å². The van der Waals surface area contributed by atoms with Crippen LogP contribution in [-0.4, -0.2) is 26.8 Å². The Balaban J connectivity index is 1.91. The van der Waals surface area contributed by atoms with Crippen LogP contribution in [0.3, 0.4) is 0 Å². The highest BCUT2D eigenvalue weighted by Gasteiger charge is 2.48. The number of anilines is 1. The van der Waals surface area contributed by atoms with E-state index in [2.05, 4.69) is 23.8 Å². The van der Waals surface area contributed by atoms with E-state index in [1.165, 1.54) is 17.3 Å². The number of ketones is 1. The van der Waals surface area contributed by atoms with Gasteiger partial charge in [0, 0.05) is 18.0 Å². The van der Waals surface area contributed by atoms with Crippen LogP contribution in [0.25, 0.3) is 5.76 Å². The van der Waals surface area contributed by atoms with Crippen molar-refractivity contribution in [1.82, 2.24) is 9.97 Å². The summed E-state index contributed by atoms with van der Waals surface area (Å²) in [5.41, 5.74) is 3.36. The van der Waals surface area contributed by atoms with Crippen LogP contribution in [-0.2, 0) is 9.59 Å². The van der Waals surface area contributed by atoms with E-state index in [1.54, 1.807) is 18.2 Å². The Bertz CT molecular complexity index is 1150. The van der Waals surface area contributed by atoms with Gasteiger partial charge in [-0.05, 0) is 30.0 Å². The number of aryl methyl sites for hydroxylation is 1. The second-order valence-electron chi connectivity index (χ2n) is 7.91. The molecule has 1 amide bonds. The highest BCUT2D eigenvalue weighted by atomic mass is 16.3. The number of hydrogen-bond acceptors (Lipinski definition) is 5. The molecule has 1 fully saturated rings. The molecule has 1 aliphatic heterocycles. The minimum atomic E-state index is -0.829. The first kappa shape index (κ1) is 20.5. The molecule has 0 spiro atoms. The van der Waals surface area contributed by atoms with Gasteiger partial charge in [-0.1, -0.05) is 67.9 Å². The minimum absolute atomic E-state index is 0.0265. The Morgan fingerprint density at radius 2 is 1.58 bits per heavy atom. The van der Waals surface area contributed by atoms with Crippen molar-refractivity contribution in [2.75, 3.05) is 4.90 Å². The zero-order valence-corrected chi connectivity index (χ0v) is 17.6. The van der Waals surface area contributed by atoms with Gasteiger partial charge in [0.25, 0.3) is 5.78 Å². The number of carbonyl (C=O) groups is 2. The van der Waals surface area contributed by atoms with Gasteiger partial charge in [0.05, 0.1) is 11.6 Å². The number of rotatable bonds is 4. The van der Waals surface area contributed by atoms with E-state index in [0.717, 1.165) is 11.1 Å². The average Bonchev–Trinajstić information content (AvgIpc) is 3.05. The van der Waals surface area contributed by atoms with Gasteiger partial charge in [-0.3, -0.25) is 14.5 Å². The van der Waals surface area contributed by atoms with Crippen molar-refractivity contribution in [3.8, 4) is 0 Å². The number of amides is 1. The van der Waals surface area contributed by atoms with E-state index >= 15 is 0 Å². The first-order valence-corrected chi connectivity index (χ1v) is 10.1. The number of hydrogen-bond donors (Lipinski definition) is 1. The SMILES string of the molecule is Cc1ccc(/C(O)=C2/C(=O)C(=O)N(c3ncccn3)C2c2ccc(C(C)C)cc2)cc1. The quantitative estimate of drug-likeness (QED) is 0.386. The molecule has 0 bridgehead atoms. The second kappa shape index (κ2) is 8.14. The lowest BCUT2D eigenvalue weighted by Crippen LogP contribution is -2.31. The van der Waals surface area contributed by atoms with Crippen LogP contribution in [0.4, 0.5) is 5.95 Å². The lowest BCUT2D eigenvalue weighted by Gasteiger charge is -2.23. The van der Waals surface area contributed by atoms with Crippen LogP contribution in [0.5, 0.6) is 0 Å². The molecule has 1 unspecified atom stereocenters. The molecule has 2 aromatic carbocycles. The van der Waals surface area contributed by atoms with Crippen molar-refractivity contribution < 1.29 is 14.7 Å². The van der Waals surface area contributed by atoms with Gasteiger partial charge < -0.3 is 5.11 Å². The van der Waals surface area contributed by atoms with E-state index in [1.807, 2.05) is 43.3 Å². The van der Waals surface area contributed by atoms with Crippen molar-refractivity contribution in [2.24, 2.45) is 0 Å². The fourth-order valence-electron chi connectivity index (χ4n) is 3.70. The third-order valence-electron chi connectivity index (χ3n) is 5.46. The molecule has 1 aromatic heterocycles. The molecule has 0 radical (unpaired) electrons. The summed E-state index contributed by atoms with van der Waals surface area (Å²) in [6.45, 7) is 6.12. The fraction of sp³-hybridized carbons (Fsp3) is 0.200. The lowest BCUT2D eigenvalue weighted by atomic mass is 9.93. The Labute approximate surface area is 180 Å². The molecular weight excluding hydrogens is 390 g/mol. The number of aliphatic hydroxyl groups is 1. The molecule has 6 heteroatoms. The number of carbonyl (C=O) groups excluding carboxylic acids is 2. The van der Waals surface area contributed by atoms with Crippen LogP contribution < -0.4 is 4.90 Å². The molecule has 0 aliphatic carbocycles. The van der Waals surface area contributed by atoms with Gasteiger partial charge in [-0.15, -0.1) is 0 Å². The normalized spacial score (nSPS) is 18.1. The van der Waals surface area contributed by atoms with Crippen LogP contribution in [0, 0.1) is 6.92 Å². The molecule has 1 saturated heterocycles. The molecule has 31 heavy (non-hydrogen) atoms. The molecule has 156 valence electrons. The van der Waals surface area contributed by atoms with Crippen molar-refractivity contribution in [3.05, 3.63) is 94.8 Å². The molecule has 1 aliphatic rings. The molecule has 3 aromatic rings. The Hall–Kier alpha value is -3.80. The number of aliphatic hydroxyl groups excluding tert-OH is 1. The third-order valence-corrected chi connectivity index (χ3v) is 5.46. The Morgan fingerprint density at radius 3 is 2.16 bits per heavy atom. The number of Topliss-reactive ketones (excluding diaryl/α,β-unsaturated/α-hetero) is 1. The summed E-state index contributed by atoms with van der Waals surface area (Å²) in [7, 11) is 0. The summed E-state index contributed by atoms with van der Waals surface area (Å²) in [5, 5.41) is 11.1. The molecule has 4 rings (SSSR count). The van der Waals surface area contributed by atoms with E-state index < -0.39 is 17.7 Å². The number of aromatic nitrogens is 2. The van der Waals surface area contributed by atoms with Crippen molar-refractivity contribution in [2.45, 2.75) is 32.7 Å².